The maximum Gasteiger partial charge on any atom is 0.161 e. The molecule has 0 amide bonds. The minimum atomic E-state index is 0.464. The molecule has 5 nitrogen and oxygen atoms in total. The molecule has 2 heterocycles. The first-order chi connectivity index (χ1) is 15.1. The van der Waals surface area contributed by atoms with Crippen LogP contribution in [0, 0.1) is 5.92 Å². The number of anilines is 1. The molecule has 164 valence electrons. The number of piperidine rings is 1. The zero-order valence-corrected chi connectivity index (χ0v) is 18.8. The molecule has 3 aromatic rings. The highest BCUT2D eigenvalue weighted by Gasteiger charge is 2.20. The van der Waals surface area contributed by atoms with Gasteiger partial charge in [-0.3, -0.25) is 4.90 Å². The van der Waals surface area contributed by atoms with Crippen molar-refractivity contribution in [1.82, 2.24) is 9.88 Å². The fourth-order valence-corrected chi connectivity index (χ4v) is 4.04. The quantitative estimate of drug-likeness (QED) is 0.533. The Balaban J connectivity index is 1.31. The molecule has 0 spiro atoms. The molecule has 0 radical (unpaired) electrons. The predicted molar refractivity (Wildman–Crippen MR) is 127 cm³/mol. The summed E-state index contributed by atoms with van der Waals surface area (Å²) in [6.07, 6.45) is 2.22. The zero-order valence-electron chi connectivity index (χ0n) is 18.8. The van der Waals surface area contributed by atoms with Gasteiger partial charge in [0.1, 0.15) is 5.82 Å². The van der Waals surface area contributed by atoms with Gasteiger partial charge in [0.15, 0.2) is 11.5 Å². The van der Waals surface area contributed by atoms with Crippen molar-refractivity contribution in [2.24, 2.45) is 5.92 Å². The van der Waals surface area contributed by atoms with E-state index in [-0.39, 0.29) is 0 Å². The number of likely N-dealkylation sites (tertiary alicyclic amines) is 1. The van der Waals surface area contributed by atoms with Crippen LogP contribution in [0.2, 0.25) is 0 Å². The number of pyridine rings is 1. The largest absolute Gasteiger partial charge is 0.493 e. The van der Waals surface area contributed by atoms with Crippen LogP contribution < -0.4 is 14.8 Å². The standard InChI is InChI=1S/C26H33N3O2/c1-19(2)18-31-25-16-20(8-10-24(25)30-3)17-29-14-12-22(13-15-29)27-26-11-9-21-6-4-5-7-23(21)28-26/h4-11,16,19,22H,12-15,17-18H2,1-3H3,(H,27,28). The van der Waals surface area contributed by atoms with Gasteiger partial charge in [0, 0.05) is 31.1 Å². The number of benzene rings is 2. The average Bonchev–Trinajstić information content (AvgIpc) is 2.79. The van der Waals surface area contributed by atoms with Crippen molar-refractivity contribution >= 4 is 16.7 Å². The Kier molecular flexibility index (Phi) is 6.92. The monoisotopic (exact) mass is 419 g/mol. The number of rotatable bonds is 8. The first kappa shape index (κ1) is 21.4. The van der Waals surface area contributed by atoms with E-state index in [9.17, 15) is 0 Å². The van der Waals surface area contributed by atoms with Crippen LogP contribution in [-0.2, 0) is 6.54 Å². The van der Waals surface area contributed by atoms with Crippen molar-refractivity contribution in [3.8, 4) is 11.5 Å². The van der Waals surface area contributed by atoms with Gasteiger partial charge in [-0.2, -0.15) is 0 Å². The topological polar surface area (TPSA) is 46.6 Å². The van der Waals surface area contributed by atoms with Crippen molar-refractivity contribution in [3.63, 3.8) is 0 Å². The number of nitrogens with zero attached hydrogens (tertiary/aromatic N) is 2. The smallest absolute Gasteiger partial charge is 0.161 e. The second-order valence-corrected chi connectivity index (χ2v) is 8.77. The van der Waals surface area contributed by atoms with E-state index in [1.165, 1.54) is 10.9 Å². The maximum atomic E-state index is 5.97. The van der Waals surface area contributed by atoms with E-state index < -0.39 is 0 Å². The highest BCUT2D eigenvalue weighted by molar-refractivity contribution is 5.80. The van der Waals surface area contributed by atoms with Crippen LogP contribution in [0.3, 0.4) is 0 Å². The molecule has 1 aliphatic rings. The fourth-order valence-electron chi connectivity index (χ4n) is 4.04. The average molecular weight is 420 g/mol. The van der Waals surface area contributed by atoms with Gasteiger partial charge in [0.05, 0.1) is 19.2 Å². The molecule has 0 saturated carbocycles. The van der Waals surface area contributed by atoms with E-state index in [1.54, 1.807) is 7.11 Å². The van der Waals surface area contributed by atoms with E-state index >= 15 is 0 Å². The van der Waals surface area contributed by atoms with Crippen molar-refractivity contribution in [2.45, 2.75) is 39.3 Å². The number of nitrogens with one attached hydrogen (secondary N) is 1. The lowest BCUT2D eigenvalue weighted by molar-refractivity contribution is 0.210. The van der Waals surface area contributed by atoms with Gasteiger partial charge < -0.3 is 14.8 Å². The Labute approximate surface area is 185 Å². The van der Waals surface area contributed by atoms with Crippen LogP contribution in [0.15, 0.2) is 54.6 Å². The molecule has 31 heavy (non-hydrogen) atoms. The molecule has 1 aromatic heterocycles. The molecule has 0 aliphatic carbocycles. The van der Waals surface area contributed by atoms with Crippen molar-refractivity contribution in [3.05, 3.63) is 60.2 Å². The van der Waals surface area contributed by atoms with E-state index in [0.717, 1.165) is 55.3 Å². The molecule has 1 N–H and O–H groups in total. The molecule has 4 rings (SSSR count). The second-order valence-electron chi connectivity index (χ2n) is 8.77. The van der Waals surface area contributed by atoms with Gasteiger partial charge in [0.25, 0.3) is 0 Å². The first-order valence-corrected chi connectivity index (χ1v) is 11.2. The van der Waals surface area contributed by atoms with Gasteiger partial charge in [-0.05, 0) is 54.7 Å². The summed E-state index contributed by atoms with van der Waals surface area (Å²) in [5.74, 6) is 3.10. The van der Waals surface area contributed by atoms with Gasteiger partial charge in [-0.1, -0.05) is 38.1 Å². The van der Waals surface area contributed by atoms with Crippen molar-refractivity contribution in [1.29, 1.82) is 0 Å². The van der Waals surface area contributed by atoms with Gasteiger partial charge in [-0.25, -0.2) is 4.98 Å². The summed E-state index contributed by atoms with van der Waals surface area (Å²) >= 11 is 0. The number of hydrogen-bond donors (Lipinski definition) is 1. The lowest BCUT2D eigenvalue weighted by Crippen LogP contribution is -2.38. The molecule has 2 aromatic carbocycles. The highest BCUT2D eigenvalue weighted by Crippen LogP contribution is 2.29. The maximum absolute atomic E-state index is 5.97. The van der Waals surface area contributed by atoms with Crippen molar-refractivity contribution < 1.29 is 9.47 Å². The molecule has 0 bridgehead atoms. The van der Waals surface area contributed by atoms with Crippen LogP contribution in [0.1, 0.15) is 32.3 Å². The summed E-state index contributed by atoms with van der Waals surface area (Å²) in [4.78, 5) is 7.28. The number of aromatic nitrogens is 1. The summed E-state index contributed by atoms with van der Waals surface area (Å²) in [5, 5.41) is 4.81. The van der Waals surface area contributed by atoms with E-state index in [1.807, 2.05) is 12.1 Å². The number of hydrogen-bond acceptors (Lipinski definition) is 5. The minimum absolute atomic E-state index is 0.464. The molecule has 1 fully saturated rings. The summed E-state index contributed by atoms with van der Waals surface area (Å²) in [7, 11) is 1.69. The Morgan fingerprint density at radius 3 is 2.61 bits per heavy atom. The molecule has 0 unspecified atom stereocenters. The van der Waals surface area contributed by atoms with Gasteiger partial charge in [-0.15, -0.1) is 0 Å². The summed E-state index contributed by atoms with van der Waals surface area (Å²) < 4.78 is 11.4. The number of methoxy groups -OCH3 is 1. The fraction of sp³-hybridized carbons (Fsp3) is 0.423. The van der Waals surface area contributed by atoms with Crippen LogP contribution >= 0.6 is 0 Å². The highest BCUT2D eigenvalue weighted by atomic mass is 16.5. The lowest BCUT2D eigenvalue weighted by atomic mass is 10.0. The van der Waals surface area contributed by atoms with Crippen molar-refractivity contribution in [2.75, 3.05) is 32.1 Å². The molecule has 0 atom stereocenters. The number of para-hydroxylation sites is 1. The van der Waals surface area contributed by atoms with E-state index in [2.05, 4.69) is 66.5 Å². The number of ether oxygens (including phenoxy) is 2. The van der Waals surface area contributed by atoms with Crippen LogP contribution in [-0.4, -0.2) is 42.7 Å². The predicted octanol–water partition coefficient (Wildman–Crippen LogP) is 5.35. The Morgan fingerprint density at radius 1 is 1.03 bits per heavy atom. The molecular formula is C26H33N3O2. The third-order valence-corrected chi connectivity index (χ3v) is 5.74. The lowest BCUT2D eigenvalue weighted by Gasteiger charge is -2.32. The SMILES string of the molecule is COc1ccc(CN2CCC(Nc3ccc4ccccc4n3)CC2)cc1OCC(C)C. The number of fused-ring (bicyclic) bond motifs is 1. The summed E-state index contributed by atoms with van der Waals surface area (Å²) in [6.45, 7) is 8.07. The second kappa shape index (κ2) is 10.0. The summed E-state index contributed by atoms with van der Waals surface area (Å²) in [6, 6.07) is 19.2. The molecule has 1 aliphatic heterocycles. The van der Waals surface area contributed by atoms with E-state index in [4.69, 9.17) is 14.5 Å². The van der Waals surface area contributed by atoms with Crippen LogP contribution in [0.25, 0.3) is 10.9 Å². The Bertz CT molecular complexity index is 997. The minimum Gasteiger partial charge on any atom is -0.493 e. The normalized spacial score (nSPS) is 15.4. The van der Waals surface area contributed by atoms with E-state index in [0.29, 0.717) is 18.6 Å². The molecule has 1 saturated heterocycles. The third kappa shape index (κ3) is 5.67. The third-order valence-electron chi connectivity index (χ3n) is 5.74. The van der Waals surface area contributed by atoms with Gasteiger partial charge >= 0.3 is 0 Å². The van der Waals surface area contributed by atoms with Crippen LogP contribution in [0.4, 0.5) is 5.82 Å². The Hall–Kier alpha value is -2.79. The summed E-state index contributed by atoms with van der Waals surface area (Å²) in [5.41, 5.74) is 2.31. The molecular weight excluding hydrogens is 386 g/mol. The molecule has 5 heteroatoms. The zero-order chi connectivity index (χ0) is 21.6. The van der Waals surface area contributed by atoms with Gasteiger partial charge in [0.2, 0.25) is 0 Å². The Morgan fingerprint density at radius 2 is 1.84 bits per heavy atom. The first-order valence-electron chi connectivity index (χ1n) is 11.2. The van der Waals surface area contributed by atoms with Crippen LogP contribution in [0.5, 0.6) is 11.5 Å².